The van der Waals surface area contributed by atoms with Crippen molar-refractivity contribution in [2.24, 2.45) is 4.36 Å². The second-order valence-electron chi connectivity index (χ2n) is 7.79. The van der Waals surface area contributed by atoms with Crippen molar-refractivity contribution in [3.05, 3.63) is 52.7 Å². The van der Waals surface area contributed by atoms with Crippen molar-refractivity contribution < 1.29 is 22.2 Å². The molecule has 0 unspecified atom stereocenters. The summed E-state index contributed by atoms with van der Waals surface area (Å²) in [7, 11) is -2.07. The maximum absolute atomic E-state index is 12.4. The summed E-state index contributed by atoms with van der Waals surface area (Å²) in [6, 6.07) is 7.13. The van der Waals surface area contributed by atoms with Gasteiger partial charge in [0.1, 0.15) is 24.4 Å². The fourth-order valence-corrected chi connectivity index (χ4v) is 4.62. The minimum absolute atomic E-state index is 0.0794. The minimum atomic E-state index is -4.30. The van der Waals surface area contributed by atoms with Gasteiger partial charge in [-0.2, -0.15) is 17.5 Å². The molecule has 3 aromatic rings. The van der Waals surface area contributed by atoms with Gasteiger partial charge < -0.3 is 15.6 Å². The molecule has 2 aromatic heterocycles. The van der Waals surface area contributed by atoms with Crippen molar-refractivity contribution in [2.45, 2.75) is 32.9 Å². The molecule has 35 heavy (non-hydrogen) atoms. The predicted molar refractivity (Wildman–Crippen MR) is 129 cm³/mol. The maximum atomic E-state index is 12.4. The number of nitrogens with zero attached hydrogens (tertiary/aromatic N) is 3. The van der Waals surface area contributed by atoms with Gasteiger partial charge in [-0.25, -0.2) is 14.2 Å². The van der Waals surface area contributed by atoms with Crippen LogP contribution in [0.15, 0.2) is 45.9 Å². The second kappa shape index (κ2) is 10.8. The van der Waals surface area contributed by atoms with E-state index in [2.05, 4.69) is 24.6 Å². The van der Waals surface area contributed by atoms with E-state index >= 15 is 0 Å². The monoisotopic (exact) mass is 510 g/mol. The molecule has 0 saturated carbocycles. The molecule has 188 valence electrons. The van der Waals surface area contributed by atoms with E-state index in [1.165, 1.54) is 13.3 Å². The molecule has 0 spiro atoms. The van der Waals surface area contributed by atoms with E-state index in [-0.39, 0.29) is 12.0 Å². The van der Waals surface area contributed by atoms with Gasteiger partial charge in [-0.05, 0) is 43.2 Å². The number of hydrogen-bond donors (Lipinski definition) is 3. The number of benzene rings is 1. The zero-order chi connectivity index (χ0) is 25.6. The van der Waals surface area contributed by atoms with Gasteiger partial charge in [0.05, 0.1) is 20.9 Å². The van der Waals surface area contributed by atoms with Crippen molar-refractivity contribution in [1.82, 2.24) is 20.3 Å². The SMILES string of the molecule is CCC(=O)NCC(F)(F)F.Cc1cc(N=S2(=O)CCC2)cc2ncnc(Nc3ccc[nH]c3=O)c12. The lowest BCUT2D eigenvalue weighted by Gasteiger charge is -2.18. The molecule has 1 saturated heterocycles. The predicted octanol–water partition coefficient (Wildman–Crippen LogP) is 3.95. The molecular formula is C22H25F3N6O3S. The largest absolute Gasteiger partial charge is 0.405 e. The van der Waals surface area contributed by atoms with Gasteiger partial charge in [0.15, 0.2) is 0 Å². The number of carbonyl (C=O) groups excluding carboxylic acids is 1. The number of hydrogen-bond acceptors (Lipinski definition) is 7. The van der Waals surface area contributed by atoms with Gasteiger partial charge >= 0.3 is 6.18 Å². The van der Waals surface area contributed by atoms with Crippen molar-refractivity contribution in [3.8, 4) is 0 Å². The first-order valence-electron chi connectivity index (χ1n) is 10.8. The number of rotatable bonds is 5. The Morgan fingerprint density at radius 1 is 1.26 bits per heavy atom. The highest BCUT2D eigenvalue weighted by atomic mass is 32.2. The summed E-state index contributed by atoms with van der Waals surface area (Å²) in [4.78, 5) is 33.3. The lowest BCUT2D eigenvalue weighted by Crippen LogP contribution is -2.33. The van der Waals surface area contributed by atoms with Gasteiger partial charge in [-0.3, -0.25) is 9.59 Å². The van der Waals surface area contributed by atoms with Crippen molar-refractivity contribution in [3.63, 3.8) is 0 Å². The quantitative estimate of drug-likeness (QED) is 0.477. The van der Waals surface area contributed by atoms with Crippen molar-refractivity contribution in [2.75, 3.05) is 23.4 Å². The third-order valence-corrected chi connectivity index (χ3v) is 7.39. The molecule has 3 N–H and O–H groups in total. The Hall–Kier alpha value is -3.48. The van der Waals surface area contributed by atoms with E-state index in [4.69, 9.17) is 0 Å². The summed E-state index contributed by atoms with van der Waals surface area (Å²) in [5.41, 5.74) is 2.48. The third kappa shape index (κ3) is 7.25. The van der Waals surface area contributed by atoms with E-state index in [0.717, 1.165) is 17.4 Å². The number of fused-ring (bicyclic) bond motifs is 1. The number of H-pyrrole nitrogens is 1. The molecule has 1 aliphatic heterocycles. The molecule has 1 amide bonds. The molecule has 0 radical (unpaired) electrons. The van der Waals surface area contributed by atoms with Crippen LogP contribution in [-0.4, -0.2) is 49.3 Å². The Balaban J connectivity index is 0.000000292. The zero-order valence-electron chi connectivity index (χ0n) is 19.1. The number of carbonyl (C=O) groups is 1. The molecule has 3 heterocycles. The zero-order valence-corrected chi connectivity index (χ0v) is 19.9. The summed E-state index contributed by atoms with van der Waals surface area (Å²) in [5.74, 6) is 1.30. The van der Waals surface area contributed by atoms with Crippen LogP contribution in [0.25, 0.3) is 10.9 Å². The number of aromatic amines is 1. The van der Waals surface area contributed by atoms with Crippen molar-refractivity contribution in [1.29, 1.82) is 0 Å². The highest BCUT2D eigenvalue weighted by Crippen LogP contribution is 2.31. The number of halogens is 3. The highest BCUT2D eigenvalue weighted by Gasteiger charge is 2.27. The summed E-state index contributed by atoms with van der Waals surface area (Å²) >= 11 is 0. The molecule has 1 aliphatic rings. The Labute approximate surface area is 199 Å². The Kier molecular flexibility index (Phi) is 8.10. The number of amides is 1. The fourth-order valence-electron chi connectivity index (χ4n) is 3.17. The van der Waals surface area contributed by atoms with Crippen LogP contribution in [-0.2, 0) is 14.5 Å². The van der Waals surface area contributed by atoms with E-state index in [1.54, 1.807) is 23.6 Å². The Bertz CT molecular complexity index is 1390. The Morgan fingerprint density at radius 3 is 2.60 bits per heavy atom. The number of pyridine rings is 1. The van der Waals surface area contributed by atoms with Crippen LogP contribution in [0.4, 0.5) is 30.4 Å². The standard InChI is InChI=1S/C17H17N5O2S.C5H8F3NO/c1-11-8-12(22-25(24)6-3-7-25)9-14-15(11)16(20-10-19-14)21-13-4-2-5-18-17(13)23;1-2-4(10)9-3-5(6,7)8/h2,4-5,8-10H,3,6-7H2,1H3,(H,18,23)(H,19,20,21);2-3H2,1H3,(H,9,10). The smallest absolute Gasteiger partial charge is 0.347 e. The van der Waals surface area contributed by atoms with E-state index < -0.39 is 28.4 Å². The molecule has 9 nitrogen and oxygen atoms in total. The van der Waals surface area contributed by atoms with Crippen LogP contribution in [0, 0.1) is 6.92 Å². The first-order chi connectivity index (χ1) is 16.5. The van der Waals surface area contributed by atoms with Gasteiger partial charge in [0.25, 0.3) is 5.56 Å². The van der Waals surface area contributed by atoms with Crippen LogP contribution in [0.5, 0.6) is 0 Å². The van der Waals surface area contributed by atoms with Crippen molar-refractivity contribution >= 4 is 43.7 Å². The number of alkyl halides is 3. The summed E-state index contributed by atoms with van der Waals surface area (Å²) in [6.45, 7) is 2.18. The minimum Gasteiger partial charge on any atom is -0.347 e. The molecule has 13 heteroatoms. The van der Waals surface area contributed by atoms with Crippen LogP contribution >= 0.6 is 0 Å². The van der Waals surface area contributed by atoms with Gasteiger partial charge in [0.2, 0.25) is 5.91 Å². The normalized spacial score (nSPS) is 14.3. The third-order valence-electron chi connectivity index (χ3n) is 5.00. The average molecular weight is 511 g/mol. The molecule has 1 aromatic carbocycles. The molecule has 4 rings (SSSR count). The highest BCUT2D eigenvalue weighted by molar-refractivity contribution is 7.95. The van der Waals surface area contributed by atoms with Gasteiger partial charge in [0, 0.05) is 29.5 Å². The van der Waals surface area contributed by atoms with Gasteiger partial charge in [-0.1, -0.05) is 6.92 Å². The van der Waals surface area contributed by atoms with Crippen LogP contribution < -0.4 is 16.2 Å². The maximum Gasteiger partial charge on any atom is 0.405 e. The average Bonchev–Trinajstić information content (AvgIpc) is 2.78. The fraction of sp³-hybridized carbons (Fsp3) is 0.364. The van der Waals surface area contributed by atoms with Crippen LogP contribution in [0.2, 0.25) is 0 Å². The second-order valence-corrected chi connectivity index (χ2v) is 10.3. The topological polar surface area (TPSA) is 129 Å². The summed E-state index contributed by atoms with van der Waals surface area (Å²) < 4.78 is 50.8. The number of aryl methyl sites for hydroxylation is 1. The van der Waals surface area contributed by atoms with E-state index in [9.17, 15) is 27.0 Å². The van der Waals surface area contributed by atoms with Crippen LogP contribution in [0.1, 0.15) is 25.3 Å². The summed E-state index contributed by atoms with van der Waals surface area (Å²) in [5, 5.41) is 5.59. The lowest BCUT2D eigenvalue weighted by molar-refractivity contribution is -0.138. The first kappa shape index (κ1) is 26.1. The molecule has 0 bridgehead atoms. The van der Waals surface area contributed by atoms with E-state index in [0.29, 0.717) is 34.2 Å². The summed E-state index contributed by atoms with van der Waals surface area (Å²) in [6.07, 6.45) is -0.238. The first-order valence-corrected chi connectivity index (χ1v) is 12.6. The van der Waals surface area contributed by atoms with Crippen LogP contribution in [0.3, 0.4) is 0 Å². The molecular weight excluding hydrogens is 485 g/mol. The molecule has 1 fully saturated rings. The number of anilines is 2. The molecule has 0 atom stereocenters. The number of aromatic nitrogens is 3. The number of nitrogens with one attached hydrogen (secondary N) is 3. The van der Waals surface area contributed by atoms with E-state index in [1.807, 2.05) is 19.1 Å². The lowest BCUT2D eigenvalue weighted by atomic mass is 10.1. The molecule has 0 aliphatic carbocycles. The Morgan fingerprint density at radius 2 is 2.00 bits per heavy atom. The van der Waals surface area contributed by atoms with Gasteiger partial charge in [-0.15, -0.1) is 0 Å².